The van der Waals surface area contributed by atoms with Crippen molar-refractivity contribution in [3.63, 3.8) is 0 Å². The minimum atomic E-state index is -3.76. The van der Waals surface area contributed by atoms with E-state index in [2.05, 4.69) is 15.0 Å². The first-order valence-electron chi connectivity index (χ1n) is 10.1. The summed E-state index contributed by atoms with van der Waals surface area (Å²) in [7, 11) is -3.76. The maximum Gasteiger partial charge on any atom is 0.241 e. The van der Waals surface area contributed by atoms with E-state index in [1.807, 2.05) is 38.1 Å². The number of carbonyl (C=O) groups excluding carboxylic acids is 1. The molecular formula is C24H23N3O4S. The maximum absolute atomic E-state index is 12.7. The monoisotopic (exact) mass is 449 g/mol. The fourth-order valence-electron chi connectivity index (χ4n) is 3.60. The highest BCUT2D eigenvalue weighted by Gasteiger charge is 2.17. The van der Waals surface area contributed by atoms with Crippen LogP contribution in [0.15, 0.2) is 76.2 Å². The quantitative estimate of drug-likeness (QED) is 0.442. The molecule has 8 heteroatoms. The number of carbonyl (C=O) groups is 1. The number of fused-ring (bicyclic) bond motifs is 1. The molecule has 7 nitrogen and oxygen atoms in total. The third kappa shape index (κ3) is 4.71. The molecule has 0 unspecified atom stereocenters. The number of anilines is 1. The molecule has 0 aliphatic rings. The van der Waals surface area contributed by atoms with E-state index < -0.39 is 10.0 Å². The Morgan fingerprint density at radius 2 is 1.84 bits per heavy atom. The second-order valence-corrected chi connectivity index (χ2v) is 9.24. The largest absolute Gasteiger partial charge is 0.468 e. The molecular weight excluding hydrogens is 426 g/mol. The number of aromatic nitrogens is 1. The van der Waals surface area contributed by atoms with Gasteiger partial charge in [0.15, 0.2) is 0 Å². The highest BCUT2D eigenvalue weighted by Crippen LogP contribution is 2.23. The molecule has 0 spiro atoms. The third-order valence-corrected chi connectivity index (χ3v) is 6.67. The second kappa shape index (κ2) is 8.94. The van der Waals surface area contributed by atoms with Crippen LogP contribution in [0.4, 0.5) is 5.69 Å². The summed E-state index contributed by atoms with van der Waals surface area (Å²) in [5.41, 5.74) is 3.98. The Morgan fingerprint density at radius 3 is 2.62 bits per heavy atom. The van der Waals surface area contributed by atoms with E-state index in [0.717, 1.165) is 27.7 Å². The van der Waals surface area contributed by atoms with Crippen LogP contribution in [0.5, 0.6) is 0 Å². The van der Waals surface area contributed by atoms with E-state index in [9.17, 15) is 13.2 Å². The van der Waals surface area contributed by atoms with Crippen molar-refractivity contribution in [2.24, 2.45) is 0 Å². The van der Waals surface area contributed by atoms with Crippen molar-refractivity contribution in [3.05, 3.63) is 89.5 Å². The Kier molecular flexibility index (Phi) is 6.07. The molecule has 2 aromatic heterocycles. The van der Waals surface area contributed by atoms with Crippen LogP contribution in [-0.4, -0.2) is 19.3 Å². The van der Waals surface area contributed by atoms with Gasteiger partial charge >= 0.3 is 0 Å². The lowest BCUT2D eigenvalue weighted by molar-refractivity contribution is -0.115. The van der Waals surface area contributed by atoms with Gasteiger partial charge in [-0.15, -0.1) is 0 Å². The number of hydrogen-bond acceptors (Lipinski definition) is 5. The lowest BCUT2D eigenvalue weighted by atomic mass is 9.99. The molecule has 32 heavy (non-hydrogen) atoms. The van der Waals surface area contributed by atoms with Gasteiger partial charge in [0, 0.05) is 16.8 Å². The van der Waals surface area contributed by atoms with Crippen LogP contribution in [0.2, 0.25) is 0 Å². The van der Waals surface area contributed by atoms with Gasteiger partial charge in [-0.2, -0.15) is 0 Å². The Balaban J connectivity index is 1.49. The molecule has 0 saturated heterocycles. The Bertz CT molecular complexity index is 1380. The Hall–Kier alpha value is -3.49. The zero-order valence-corrected chi connectivity index (χ0v) is 18.6. The second-order valence-electron chi connectivity index (χ2n) is 7.47. The molecule has 2 N–H and O–H groups in total. The minimum absolute atomic E-state index is 0.0411. The molecule has 1 amide bonds. The van der Waals surface area contributed by atoms with Gasteiger partial charge in [0.25, 0.3) is 0 Å². The van der Waals surface area contributed by atoms with Crippen LogP contribution >= 0.6 is 0 Å². The summed E-state index contributed by atoms with van der Waals surface area (Å²) >= 11 is 0. The van der Waals surface area contributed by atoms with Gasteiger partial charge in [-0.3, -0.25) is 9.78 Å². The fraction of sp³-hybridized carbons (Fsp3) is 0.167. The van der Waals surface area contributed by atoms with Gasteiger partial charge in [-0.1, -0.05) is 24.3 Å². The van der Waals surface area contributed by atoms with Gasteiger partial charge in [-0.25, -0.2) is 13.1 Å². The molecule has 2 aromatic carbocycles. The molecule has 0 aliphatic heterocycles. The summed E-state index contributed by atoms with van der Waals surface area (Å²) in [5.74, 6) is 0.263. The topological polar surface area (TPSA) is 101 Å². The summed E-state index contributed by atoms with van der Waals surface area (Å²) in [5, 5.41) is 3.81. The maximum atomic E-state index is 12.7. The highest BCUT2D eigenvalue weighted by atomic mass is 32.2. The van der Waals surface area contributed by atoms with Crippen molar-refractivity contribution < 1.29 is 17.6 Å². The number of aryl methyl sites for hydroxylation is 2. The predicted octanol–water partition coefficient (Wildman–Crippen LogP) is 4.10. The third-order valence-electron chi connectivity index (χ3n) is 5.27. The average molecular weight is 450 g/mol. The number of benzene rings is 2. The van der Waals surface area contributed by atoms with Crippen molar-refractivity contribution in [2.45, 2.75) is 31.7 Å². The average Bonchev–Trinajstić information content (AvgIpc) is 3.29. The van der Waals surface area contributed by atoms with Crippen molar-refractivity contribution >= 4 is 32.5 Å². The van der Waals surface area contributed by atoms with Gasteiger partial charge in [0.1, 0.15) is 5.76 Å². The molecule has 2 heterocycles. The minimum Gasteiger partial charge on any atom is -0.468 e. The van der Waals surface area contributed by atoms with Gasteiger partial charge in [0.2, 0.25) is 15.9 Å². The lowest BCUT2D eigenvalue weighted by Gasteiger charge is -2.13. The van der Waals surface area contributed by atoms with E-state index in [-0.39, 0.29) is 23.8 Å². The first kappa shape index (κ1) is 21.7. The molecule has 164 valence electrons. The summed E-state index contributed by atoms with van der Waals surface area (Å²) in [6, 6.07) is 17.3. The molecule has 0 atom stereocenters. The van der Waals surface area contributed by atoms with Crippen LogP contribution in [0.25, 0.3) is 10.9 Å². The normalized spacial score (nSPS) is 11.6. The smallest absolute Gasteiger partial charge is 0.241 e. The predicted molar refractivity (Wildman–Crippen MR) is 123 cm³/mol. The number of amides is 1. The zero-order chi connectivity index (χ0) is 22.7. The molecule has 0 radical (unpaired) electrons. The van der Waals surface area contributed by atoms with Gasteiger partial charge in [0.05, 0.1) is 29.6 Å². The van der Waals surface area contributed by atoms with Crippen LogP contribution in [0.1, 0.15) is 22.6 Å². The van der Waals surface area contributed by atoms with E-state index in [4.69, 9.17) is 4.42 Å². The first-order valence-corrected chi connectivity index (χ1v) is 11.6. The molecule has 4 rings (SSSR count). The van der Waals surface area contributed by atoms with E-state index >= 15 is 0 Å². The molecule has 0 aliphatic carbocycles. The van der Waals surface area contributed by atoms with E-state index in [0.29, 0.717) is 11.4 Å². The van der Waals surface area contributed by atoms with Crippen LogP contribution in [0.3, 0.4) is 0 Å². The number of nitrogens with zero attached hydrogens (tertiary/aromatic N) is 1. The Morgan fingerprint density at radius 1 is 1.03 bits per heavy atom. The van der Waals surface area contributed by atoms with Gasteiger partial charge in [-0.05, 0) is 61.4 Å². The fourth-order valence-corrected chi connectivity index (χ4v) is 4.64. The number of furan rings is 1. The number of pyridine rings is 1. The number of hydrogen-bond donors (Lipinski definition) is 2. The molecule has 0 saturated carbocycles. The number of sulfonamides is 1. The summed E-state index contributed by atoms with van der Waals surface area (Å²) in [6.45, 7) is 3.91. The first-order chi connectivity index (χ1) is 15.3. The van der Waals surface area contributed by atoms with Crippen LogP contribution in [0, 0.1) is 13.8 Å². The van der Waals surface area contributed by atoms with E-state index in [1.165, 1.54) is 18.4 Å². The lowest BCUT2D eigenvalue weighted by Crippen LogP contribution is -2.23. The summed E-state index contributed by atoms with van der Waals surface area (Å²) in [6.07, 6.45) is 1.62. The molecule has 0 fully saturated rings. The van der Waals surface area contributed by atoms with E-state index in [1.54, 1.807) is 24.3 Å². The van der Waals surface area contributed by atoms with Crippen molar-refractivity contribution in [1.82, 2.24) is 9.71 Å². The van der Waals surface area contributed by atoms with Crippen LogP contribution in [-0.2, 0) is 27.8 Å². The summed E-state index contributed by atoms with van der Waals surface area (Å²) < 4.78 is 32.8. The van der Waals surface area contributed by atoms with Crippen LogP contribution < -0.4 is 10.0 Å². The van der Waals surface area contributed by atoms with Crippen molar-refractivity contribution in [3.8, 4) is 0 Å². The molecule has 4 aromatic rings. The van der Waals surface area contributed by atoms with Crippen molar-refractivity contribution in [2.75, 3.05) is 5.32 Å². The van der Waals surface area contributed by atoms with Crippen molar-refractivity contribution in [1.29, 1.82) is 0 Å². The number of para-hydroxylation sites is 1. The Labute approximate surface area is 186 Å². The number of nitrogens with one attached hydrogen (secondary N) is 2. The zero-order valence-electron chi connectivity index (χ0n) is 17.8. The molecule has 0 bridgehead atoms. The van der Waals surface area contributed by atoms with Gasteiger partial charge < -0.3 is 9.73 Å². The standard InChI is InChI=1S/C24H23N3O4S/c1-16-21-10-3-4-11-23(21)26-17(2)22(16)14-24(28)27-18-7-5-9-20(13-18)32(29,30)25-15-19-8-6-12-31-19/h3-13,25H,14-15H2,1-2H3,(H,27,28). The number of rotatable bonds is 7. The highest BCUT2D eigenvalue weighted by molar-refractivity contribution is 7.89. The summed E-state index contributed by atoms with van der Waals surface area (Å²) in [4.78, 5) is 17.4. The SMILES string of the molecule is Cc1nc2ccccc2c(C)c1CC(=O)Nc1cccc(S(=O)(=O)NCc2ccco2)c1.